The van der Waals surface area contributed by atoms with Crippen molar-refractivity contribution in [2.75, 3.05) is 29.9 Å². The van der Waals surface area contributed by atoms with Gasteiger partial charge in [0.15, 0.2) is 5.13 Å². The van der Waals surface area contributed by atoms with Crippen molar-refractivity contribution in [3.05, 3.63) is 41.4 Å². The van der Waals surface area contributed by atoms with Gasteiger partial charge in [0.2, 0.25) is 11.8 Å². The Kier molecular flexibility index (Phi) is 8.73. The number of nitriles is 1. The van der Waals surface area contributed by atoms with Crippen LogP contribution in [0.1, 0.15) is 38.8 Å². The lowest BCUT2D eigenvalue weighted by Gasteiger charge is -2.34. The average Bonchev–Trinajstić information content (AvgIpc) is 3.19. The molecule has 170 valence electrons. The third-order valence-corrected chi connectivity index (χ3v) is 5.87. The fourth-order valence-corrected chi connectivity index (χ4v) is 4.50. The van der Waals surface area contributed by atoms with Gasteiger partial charge in [-0.05, 0) is 26.0 Å². The smallest absolute Gasteiger partial charge is 0.227 e. The summed E-state index contributed by atoms with van der Waals surface area (Å²) in [5.74, 6) is -0.432. The minimum Gasteiger partial charge on any atom is -0.373 e. The van der Waals surface area contributed by atoms with Crippen molar-refractivity contribution in [2.45, 2.75) is 51.9 Å². The van der Waals surface area contributed by atoms with Gasteiger partial charge in [-0.3, -0.25) is 14.5 Å². The Hall–Kier alpha value is -2.80. The lowest BCUT2D eigenvalue weighted by atomic mass is 10.2. The highest BCUT2D eigenvalue weighted by atomic mass is 32.1. The maximum atomic E-state index is 12.7. The van der Waals surface area contributed by atoms with Gasteiger partial charge in [0.25, 0.3) is 0 Å². The van der Waals surface area contributed by atoms with Crippen LogP contribution in [0.5, 0.6) is 0 Å². The fraction of sp³-hybridized carbons (Fsp3) is 0.478. The molecule has 2 heterocycles. The largest absolute Gasteiger partial charge is 0.373 e. The van der Waals surface area contributed by atoms with Crippen LogP contribution in [-0.4, -0.2) is 53.5 Å². The quantitative estimate of drug-likeness (QED) is 0.622. The van der Waals surface area contributed by atoms with Gasteiger partial charge in [-0.25, -0.2) is 4.98 Å². The molecular weight excluding hydrogens is 426 g/mol. The first-order chi connectivity index (χ1) is 15.4. The van der Waals surface area contributed by atoms with E-state index in [0.717, 1.165) is 24.5 Å². The molecule has 2 amide bonds. The van der Waals surface area contributed by atoms with Crippen molar-refractivity contribution in [3.63, 3.8) is 0 Å². The highest BCUT2D eigenvalue weighted by Gasteiger charge is 2.23. The Balaban J connectivity index is 1.49. The first-order valence-electron chi connectivity index (χ1n) is 10.8. The van der Waals surface area contributed by atoms with E-state index < -0.39 is 0 Å². The summed E-state index contributed by atoms with van der Waals surface area (Å²) in [5, 5.41) is 14.2. The maximum Gasteiger partial charge on any atom is 0.227 e. The van der Waals surface area contributed by atoms with E-state index in [2.05, 4.69) is 35.1 Å². The van der Waals surface area contributed by atoms with E-state index in [-0.39, 0.29) is 43.3 Å². The van der Waals surface area contributed by atoms with E-state index in [1.807, 2.05) is 35.7 Å². The molecule has 2 unspecified atom stereocenters. The summed E-state index contributed by atoms with van der Waals surface area (Å²) in [7, 11) is 0. The molecule has 1 N–H and O–H groups in total. The van der Waals surface area contributed by atoms with Gasteiger partial charge < -0.3 is 15.0 Å². The maximum absolute atomic E-state index is 12.7. The molecule has 1 fully saturated rings. The van der Waals surface area contributed by atoms with Crippen molar-refractivity contribution in [2.24, 2.45) is 0 Å². The van der Waals surface area contributed by atoms with Crippen LogP contribution in [0.3, 0.4) is 0 Å². The van der Waals surface area contributed by atoms with Gasteiger partial charge in [-0.2, -0.15) is 5.26 Å². The molecule has 1 aliphatic heterocycles. The summed E-state index contributed by atoms with van der Waals surface area (Å²) in [6.45, 7) is 6.86. The Morgan fingerprint density at radius 2 is 1.97 bits per heavy atom. The van der Waals surface area contributed by atoms with Gasteiger partial charge in [0.1, 0.15) is 0 Å². The third kappa shape index (κ3) is 7.12. The third-order valence-electron chi connectivity index (χ3n) is 5.06. The standard InChI is InChI=1S/C23H29N5O3S/c1-17-13-27(14-18(2)31-17)15-19-16-32-23(25-19)26-21(29)9-10-22(30)28(12-6-11-24)20-7-4-3-5-8-20/h3-5,7-8,16-18H,6,9-10,12-15H2,1-2H3,(H,25,26,29). The number of hydrogen-bond acceptors (Lipinski definition) is 7. The van der Waals surface area contributed by atoms with E-state index >= 15 is 0 Å². The zero-order valence-electron chi connectivity index (χ0n) is 18.5. The molecule has 3 rings (SSSR count). The SMILES string of the molecule is CC1CN(Cc2csc(NC(=O)CCC(=O)N(CCC#N)c3ccccc3)n2)CC(C)O1. The summed E-state index contributed by atoms with van der Waals surface area (Å²) in [6.07, 6.45) is 0.737. The summed E-state index contributed by atoms with van der Waals surface area (Å²) in [4.78, 5) is 33.5. The number of anilines is 2. The van der Waals surface area contributed by atoms with Crippen LogP contribution in [-0.2, 0) is 20.9 Å². The van der Waals surface area contributed by atoms with Crippen LogP contribution in [0.2, 0.25) is 0 Å². The molecule has 0 saturated carbocycles. The number of carbonyl (C=O) groups is 2. The summed E-state index contributed by atoms with van der Waals surface area (Å²) >= 11 is 1.38. The highest BCUT2D eigenvalue weighted by Crippen LogP contribution is 2.20. The molecule has 0 spiro atoms. The van der Waals surface area contributed by atoms with E-state index in [9.17, 15) is 9.59 Å². The van der Waals surface area contributed by atoms with Gasteiger partial charge in [-0.15, -0.1) is 11.3 Å². The van der Waals surface area contributed by atoms with Crippen LogP contribution in [0.25, 0.3) is 0 Å². The second-order valence-corrected chi connectivity index (χ2v) is 8.79. The van der Waals surface area contributed by atoms with Crippen LogP contribution in [0, 0.1) is 11.3 Å². The number of para-hydroxylation sites is 1. The number of carbonyl (C=O) groups excluding carboxylic acids is 2. The molecule has 9 heteroatoms. The van der Waals surface area contributed by atoms with Crippen molar-refractivity contribution < 1.29 is 14.3 Å². The molecule has 0 radical (unpaired) electrons. The average molecular weight is 456 g/mol. The minimum atomic E-state index is -0.249. The molecule has 8 nitrogen and oxygen atoms in total. The normalized spacial score (nSPS) is 18.7. The molecule has 1 saturated heterocycles. The van der Waals surface area contributed by atoms with Gasteiger partial charge >= 0.3 is 0 Å². The number of benzene rings is 1. The Morgan fingerprint density at radius 1 is 1.25 bits per heavy atom. The second kappa shape index (κ2) is 11.7. The highest BCUT2D eigenvalue weighted by molar-refractivity contribution is 7.13. The zero-order chi connectivity index (χ0) is 22.9. The number of amides is 2. The van der Waals surface area contributed by atoms with Crippen LogP contribution in [0.15, 0.2) is 35.7 Å². The Bertz CT molecular complexity index is 933. The van der Waals surface area contributed by atoms with Gasteiger partial charge in [0.05, 0.1) is 30.4 Å². The Labute approximate surface area is 192 Å². The molecule has 2 aromatic rings. The molecule has 0 aliphatic carbocycles. The van der Waals surface area contributed by atoms with Crippen molar-refractivity contribution in [3.8, 4) is 6.07 Å². The van der Waals surface area contributed by atoms with Gasteiger partial charge in [-0.1, -0.05) is 18.2 Å². The van der Waals surface area contributed by atoms with Gasteiger partial charge in [0, 0.05) is 50.1 Å². The monoisotopic (exact) mass is 455 g/mol. The molecule has 32 heavy (non-hydrogen) atoms. The van der Waals surface area contributed by atoms with E-state index in [1.165, 1.54) is 11.3 Å². The fourth-order valence-electron chi connectivity index (χ4n) is 3.78. The number of aromatic nitrogens is 1. The number of rotatable bonds is 9. The number of thiazole rings is 1. The number of ether oxygens (including phenoxy) is 1. The van der Waals surface area contributed by atoms with Crippen molar-refractivity contribution in [1.29, 1.82) is 5.26 Å². The topological polar surface area (TPSA) is 98.6 Å². The number of hydrogen-bond donors (Lipinski definition) is 1. The van der Waals surface area contributed by atoms with Crippen LogP contribution >= 0.6 is 11.3 Å². The molecule has 1 aromatic carbocycles. The lowest BCUT2D eigenvalue weighted by Crippen LogP contribution is -2.44. The zero-order valence-corrected chi connectivity index (χ0v) is 19.3. The summed E-state index contributed by atoms with van der Waals surface area (Å²) < 4.78 is 5.76. The van der Waals surface area contributed by atoms with E-state index in [1.54, 1.807) is 4.90 Å². The first kappa shape index (κ1) is 23.9. The predicted molar refractivity (Wildman–Crippen MR) is 124 cm³/mol. The Morgan fingerprint density at radius 3 is 2.66 bits per heavy atom. The summed E-state index contributed by atoms with van der Waals surface area (Å²) in [6, 6.07) is 11.3. The molecule has 1 aliphatic rings. The van der Waals surface area contributed by atoms with E-state index in [0.29, 0.717) is 18.2 Å². The number of morpholine rings is 1. The van der Waals surface area contributed by atoms with E-state index in [4.69, 9.17) is 10.00 Å². The van der Waals surface area contributed by atoms with Crippen molar-refractivity contribution in [1.82, 2.24) is 9.88 Å². The molecule has 0 bridgehead atoms. The molecule has 2 atom stereocenters. The lowest BCUT2D eigenvalue weighted by molar-refractivity contribution is -0.122. The predicted octanol–water partition coefficient (Wildman–Crippen LogP) is 3.42. The van der Waals surface area contributed by atoms with Crippen LogP contribution < -0.4 is 10.2 Å². The summed E-state index contributed by atoms with van der Waals surface area (Å²) in [5.41, 5.74) is 1.64. The minimum absolute atomic E-state index is 0.0577. The molecular formula is C23H29N5O3S. The van der Waals surface area contributed by atoms with Crippen LogP contribution in [0.4, 0.5) is 10.8 Å². The first-order valence-corrected chi connectivity index (χ1v) is 11.7. The second-order valence-electron chi connectivity index (χ2n) is 7.93. The number of nitrogens with zero attached hydrogens (tertiary/aromatic N) is 4. The number of nitrogens with one attached hydrogen (secondary N) is 1. The molecule has 1 aromatic heterocycles. The van der Waals surface area contributed by atoms with Crippen molar-refractivity contribution >= 4 is 34.0 Å².